The Balaban J connectivity index is 1.83. The van der Waals surface area contributed by atoms with E-state index in [4.69, 9.17) is 11.6 Å². The lowest BCUT2D eigenvalue weighted by atomic mass is 9.88. The van der Waals surface area contributed by atoms with Gasteiger partial charge in [-0.15, -0.1) is 0 Å². The van der Waals surface area contributed by atoms with Crippen molar-refractivity contribution in [1.82, 2.24) is 9.88 Å². The van der Waals surface area contributed by atoms with Crippen LogP contribution in [0.25, 0.3) is 0 Å². The van der Waals surface area contributed by atoms with Gasteiger partial charge in [-0.1, -0.05) is 48.0 Å². The number of halogens is 1. The summed E-state index contributed by atoms with van der Waals surface area (Å²) in [5.74, 6) is -0.262. The minimum absolute atomic E-state index is 0.126. The Kier molecular flexibility index (Phi) is 4.79. The molecular weight excluding hydrogens is 362 g/mol. The fourth-order valence-electron chi connectivity index (χ4n) is 4.13. The minimum Gasteiger partial charge on any atom is -0.245 e. The summed E-state index contributed by atoms with van der Waals surface area (Å²) in [6.07, 6.45) is 4.22. The number of pyridine rings is 1. The van der Waals surface area contributed by atoms with Crippen LogP contribution < -0.4 is 0 Å². The van der Waals surface area contributed by atoms with Gasteiger partial charge in [0.2, 0.25) is 0 Å². The van der Waals surface area contributed by atoms with E-state index < -0.39 is 5.92 Å². The third kappa shape index (κ3) is 3.06. The van der Waals surface area contributed by atoms with Gasteiger partial charge in [0.25, 0.3) is 5.84 Å². The normalized spacial score (nSPS) is 22.8. The summed E-state index contributed by atoms with van der Waals surface area (Å²) < 4.78 is 1.77. The number of fused-ring (bicyclic) bond motifs is 1. The Morgan fingerprint density at radius 2 is 1.93 bits per heavy atom. The van der Waals surface area contributed by atoms with Crippen LogP contribution in [-0.2, 0) is 9.59 Å². The number of hydrogen-bond donors (Lipinski definition) is 0. The third-order valence-electron chi connectivity index (χ3n) is 5.36. The van der Waals surface area contributed by atoms with Gasteiger partial charge < -0.3 is 0 Å². The molecular formula is C21H21ClN3O2+. The van der Waals surface area contributed by atoms with Crippen molar-refractivity contribution in [2.75, 3.05) is 6.54 Å². The lowest BCUT2D eigenvalue weighted by Crippen LogP contribution is -2.56. The van der Waals surface area contributed by atoms with Crippen LogP contribution in [0.2, 0.25) is 5.15 Å². The maximum atomic E-state index is 13.5. The maximum Gasteiger partial charge on any atom is 0.329 e. The first-order valence-electron chi connectivity index (χ1n) is 9.28. The SMILES string of the molecule is CC[N+]1=C2CCCC(c3ccc(Cl)nc3)N2C(=O)C(c2ccccc2)C1=O. The topological polar surface area (TPSA) is 53.3 Å². The van der Waals surface area contributed by atoms with Gasteiger partial charge in [0.1, 0.15) is 11.2 Å². The third-order valence-corrected chi connectivity index (χ3v) is 5.58. The van der Waals surface area contributed by atoms with E-state index in [9.17, 15) is 9.59 Å². The largest absolute Gasteiger partial charge is 0.329 e. The smallest absolute Gasteiger partial charge is 0.245 e. The average Bonchev–Trinajstić information content (AvgIpc) is 2.69. The molecule has 2 amide bonds. The number of likely N-dealkylation sites (N-methyl/N-ethyl adjacent to an activating group) is 1. The second kappa shape index (κ2) is 7.24. The van der Waals surface area contributed by atoms with Crippen LogP contribution in [0.4, 0.5) is 0 Å². The standard InChI is InChI=1S/C21H21ClN3O2/c1-2-24-18-10-6-9-16(15-11-12-17(22)23-13-15)25(18)21(27)19(20(24)26)14-7-4-3-5-8-14/h3-5,7-8,11-13,16,19H,2,6,9-10H2,1H3/q+1. The Bertz CT molecular complexity index is 909. The van der Waals surface area contributed by atoms with E-state index in [1.807, 2.05) is 48.2 Å². The summed E-state index contributed by atoms with van der Waals surface area (Å²) in [5.41, 5.74) is 1.69. The molecule has 0 N–H and O–H groups in total. The molecule has 0 bridgehead atoms. The molecule has 138 valence electrons. The number of aromatic nitrogens is 1. The van der Waals surface area contributed by atoms with Crippen molar-refractivity contribution in [3.8, 4) is 0 Å². The Hall–Kier alpha value is -2.53. The molecule has 0 spiro atoms. The van der Waals surface area contributed by atoms with Gasteiger partial charge in [-0.3, -0.25) is 0 Å². The van der Waals surface area contributed by atoms with Gasteiger partial charge in [-0.05, 0) is 31.4 Å². The van der Waals surface area contributed by atoms with E-state index in [0.717, 1.165) is 36.2 Å². The zero-order valence-corrected chi connectivity index (χ0v) is 15.9. The molecule has 2 unspecified atom stereocenters. The molecule has 6 heteroatoms. The van der Waals surface area contributed by atoms with Crippen molar-refractivity contribution in [1.29, 1.82) is 0 Å². The lowest BCUT2D eigenvalue weighted by molar-refractivity contribution is -0.456. The Morgan fingerprint density at radius 3 is 2.59 bits per heavy atom. The van der Waals surface area contributed by atoms with Gasteiger partial charge in [0.15, 0.2) is 5.92 Å². The first kappa shape index (κ1) is 17.9. The van der Waals surface area contributed by atoms with Crippen molar-refractivity contribution in [3.63, 3.8) is 0 Å². The number of amidine groups is 1. The zero-order valence-electron chi connectivity index (χ0n) is 15.1. The van der Waals surface area contributed by atoms with Crippen LogP contribution in [0.1, 0.15) is 49.3 Å². The van der Waals surface area contributed by atoms with Crippen LogP contribution in [0.3, 0.4) is 0 Å². The summed E-state index contributed by atoms with van der Waals surface area (Å²) in [7, 11) is 0. The van der Waals surface area contributed by atoms with E-state index in [0.29, 0.717) is 11.7 Å². The number of hydrogen-bond acceptors (Lipinski definition) is 3. The van der Waals surface area contributed by atoms with Crippen molar-refractivity contribution in [2.45, 2.75) is 38.1 Å². The van der Waals surface area contributed by atoms with Crippen molar-refractivity contribution in [3.05, 3.63) is 64.9 Å². The molecule has 1 aromatic carbocycles. The summed E-state index contributed by atoms with van der Waals surface area (Å²) in [6.45, 7) is 2.50. The molecule has 0 radical (unpaired) electrons. The summed E-state index contributed by atoms with van der Waals surface area (Å²) in [5, 5.41) is 0.427. The molecule has 1 saturated heterocycles. The van der Waals surface area contributed by atoms with E-state index in [2.05, 4.69) is 4.98 Å². The summed E-state index contributed by atoms with van der Waals surface area (Å²) in [4.78, 5) is 32.6. The highest BCUT2D eigenvalue weighted by atomic mass is 35.5. The fraction of sp³-hybridized carbons (Fsp3) is 0.333. The van der Waals surface area contributed by atoms with Crippen molar-refractivity contribution < 1.29 is 14.2 Å². The fourth-order valence-corrected chi connectivity index (χ4v) is 4.24. The number of piperidine rings is 1. The predicted octanol–water partition coefficient (Wildman–Crippen LogP) is 3.54. The molecule has 27 heavy (non-hydrogen) atoms. The van der Waals surface area contributed by atoms with Gasteiger partial charge >= 0.3 is 11.8 Å². The maximum absolute atomic E-state index is 13.5. The number of nitrogens with zero attached hydrogens (tertiary/aromatic N) is 3. The molecule has 4 rings (SSSR count). The number of amides is 2. The zero-order chi connectivity index (χ0) is 19.0. The minimum atomic E-state index is -0.796. The number of rotatable bonds is 3. The van der Waals surface area contributed by atoms with Gasteiger partial charge in [-0.2, -0.15) is 9.48 Å². The quantitative estimate of drug-likeness (QED) is 0.463. The van der Waals surface area contributed by atoms with E-state index in [1.165, 1.54) is 0 Å². The van der Waals surface area contributed by atoms with Crippen LogP contribution in [-0.4, -0.2) is 38.7 Å². The molecule has 5 nitrogen and oxygen atoms in total. The monoisotopic (exact) mass is 382 g/mol. The van der Waals surface area contributed by atoms with Crippen LogP contribution >= 0.6 is 11.6 Å². The average molecular weight is 383 g/mol. The first-order valence-corrected chi connectivity index (χ1v) is 9.66. The molecule has 0 saturated carbocycles. The molecule has 1 fully saturated rings. The lowest BCUT2D eigenvalue weighted by Gasteiger charge is -2.36. The van der Waals surface area contributed by atoms with E-state index in [-0.39, 0.29) is 17.9 Å². The van der Waals surface area contributed by atoms with Crippen LogP contribution in [0.15, 0.2) is 48.7 Å². The molecule has 0 aliphatic carbocycles. The predicted molar refractivity (Wildman–Crippen MR) is 103 cm³/mol. The highest BCUT2D eigenvalue weighted by molar-refractivity contribution is 6.29. The summed E-state index contributed by atoms with van der Waals surface area (Å²) >= 11 is 5.93. The number of carbonyl (C=O) groups excluding carboxylic acids is 2. The Morgan fingerprint density at radius 1 is 1.15 bits per heavy atom. The molecule has 2 aliphatic heterocycles. The van der Waals surface area contributed by atoms with Gasteiger partial charge in [-0.25, -0.2) is 14.6 Å². The molecule has 2 atom stereocenters. The van der Waals surface area contributed by atoms with Crippen LogP contribution in [0.5, 0.6) is 0 Å². The highest BCUT2D eigenvalue weighted by Gasteiger charge is 2.52. The molecule has 2 aliphatic rings. The second-order valence-electron chi connectivity index (χ2n) is 6.87. The highest BCUT2D eigenvalue weighted by Crippen LogP contribution is 2.37. The van der Waals surface area contributed by atoms with Crippen LogP contribution in [0, 0.1) is 0 Å². The second-order valence-corrected chi connectivity index (χ2v) is 7.26. The van der Waals surface area contributed by atoms with Gasteiger partial charge in [0.05, 0.1) is 6.54 Å². The number of benzene rings is 1. The summed E-state index contributed by atoms with van der Waals surface area (Å²) in [6, 6.07) is 12.9. The molecule has 1 aromatic heterocycles. The van der Waals surface area contributed by atoms with Crippen molar-refractivity contribution >= 4 is 29.3 Å². The Labute approximate surface area is 163 Å². The first-order chi connectivity index (χ1) is 13.1. The van der Waals surface area contributed by atoms with Gasteiger partial charge in [0, 0.05) is 18.2 Å². The number of carbonyl (C=O) groups is 2. The van der Waals surface area contributed by atoms with E-state index in [1.54, 1.807) is 16.8 Å². The van der Waals surface area contributed by atoms with Crippen molar-refractivity contribution in [2.24, 2.45) is 0 Å². The van der Waals surface area contributed by atoms with E-state index >= 15 is 0 Å². The molecule has 3 heterocycles. The molecule has 2 aromatic rings.